The van der Waals surface area contributed by atoms with Crippen molar-refractivity contribution in [2.24, 2.45) is 5.92 Å². The van der Waals surface area contributed by atoms with Crippen LogP contribution in [0.15, 0.2) is 36.4 Å². The number of nitrogens with zero attached hydrogens (tertiary/aromatic N) is 1. The molecule has 2 N–H and O–H groups in total. The van der Waals surface area contributed by atoms with Gasteiger partial charge in [0.15, 0.2) is 0 Å². The van der Waals surface area contributed by atoms with E-state index in [-0.39, 0.29) is 17.8 Å². The van der Waals surface area contributed by atoms with Crippen molar-refractivity contribution < 1.29 is 9.18 Å². The fraction of sp³-hybridized carbons (Fsp3) is 0.421. The van der Waals surface area contributed by atoms with Gasteiger partial charge in [0.25, 0.3) is 5.91 Å². The molecule has 2 atom stereocenters. The highest BCUT2D eigenvalue weighted by Crippen LogP contribution is 2.32. The number of nitrogens with one attached hydrogen (secondary N) is 2. The van der Waals surface area contributed by atoms with Gasteiger partial charge in [0.1, 0.15) is 11.5 Å². The molecule has 4 nitrogen and oxygen atoms in total. The van der Waals surface area contributed by atoms with Crippen molar-refractivity contribution in [2.45, 2.75) is 31.8 Å². The summed E-state index contributed by atoms with van der Waals surface area (Å²) in [6.07, 6.45) is 2.31. The lowest BCUT2D eigenvalue weighted by Crippen LogP contribution is -2.62. The molecule has 1 aromatic carbocycles. The number of H-pyrrole nitrogens is 1. The number of halogens is 1. The summed E-state index contributed by atoms with van der Waals surface area (Å²) in [4.78, 5) is 18.1. The highest BCUT2D eigenvalue weighted by molar-refractivity contribution is 5.93. The van der Waals surface area contributed by atoms with E-state index in [9.17, 15) is 9.18 Å². The molecule has 4 heterocycles. The van der Waals surface area contributed by atoms with Gasteiger partial charge < -0.3 is 10.3 Å². The van der Waals surface area contributed by atoms with E-state index >= 15 is 0 Å². The van der Waals surface area contributed by atoms with E-state index in [0.29, 0.717) is 28.9 Å². The van der Waals surface area contributed by atoms with Crippen molar-refractivity contribution in [3.05, 3.63) is 47.9 Å². The Morgan fingerprint density at radius 2 is 1.96 bits per heavy atom. The van der Waals surface area contributed by atoms with E-state index < -0.39 is 0 Å². The Labute approximate surface area is 141 Å². The lowest BCUT2D eigenvalue weighted by Gasteiger charge is -2.49. The van der Waals surface area contributed by atoms with Crippen molar-refractivity contribution in [1.29, 1.82) is 0 Å². The lowest BCUT2D eigenvalue weighted by atomic mass is 9.79. The number of amides is 1. The zero-order valence-corrected chi connectivity index (χ0v) is 13.8. The fourth-order valence-corrected chi connectivity index (χ4v) is 4.14. The normalized spacial score (nSPS) is 28.8. The molecule has 5 rings (SSSR count). The average Bonchev–Trinajstić information content (AvgIpc) is 3.09. The van der Waals surface area contributed by atoms with Gasteiger partial charge >= 0.3 is 0 Å². The Morgan fingerprint density at radius 3 is 2.67 bits per heavy atom. The van der Waals surface area contributed by atoms with Crippen LogP contribution in [0.25, 0.3) is 11.3 Å². The number of carbonyl (C=O) groups is 1. The third kappa shape index (κ3) is 2.63. The molecule has 1 aromatic heterocycles. The van der Waals surface area contributed by atoms with Gasteiger partial charge in [-0.25, -0.2) is 4.39 Å². The van der Waals surface area contributed by atoms with E-state index in [1.807, 2.05) is 0 Å². The molecular formula is C19H22FN3O. The van der Waals surface area contributed by atoms with E-state index in [2.05, 4.69) is 22.1 Å². The van der Waals surface area contributed by atoms with Gasteiger partial charge in [-0.1, -0.05) is 12.1 Å². The molecule has 0 saturated carbocycles. The second kappa shape index (κ2) is 6.06. The summed E-state index contributed by atoms with van der Waals surface area (Å²) in [5.41, 5.74) is 1.59. The van der Waals surface area contributed by atoms with Crippen molar-refractivity contribution >= 4 is 5.91 Å². The van der Waals surface area contributed by atoms with Crippen LogP contribution < -0.4 is 5.32 Å². The molecule has 2 aromatic rings. The van der Waals surface area contributed by atoms with Gasteiger partial charge in [0.2, 0.25) is 0 Å². The topological polar surface area (TPSA) is 48.1 Å². The van der Waals surface area contributed by atoms with Gasteiger partial charge in [-0.05, 0) is 63.0 Å². The van der Waals surface area contributed by atoms with E-state index in [1.54, 1.807) is 30.3 Å². The predicted octanol–water partition coefficient (Wildman–Crippen LogP) is 3.03. The van der Waals surface area contributed by atoms with Crippen molar-refractivity contribution in [3.63, 3.8) is 0 Å². The molecule has 3 saturated heterocycles. The lowest BCUT2D eigenvalue weighted by molar-refractivity contribution is 0.0216. The van der Waals surface area contributed by atoms with Crippen LogP contribution in [0.2, 0.25) is 0 Å². The summed E-state index contributed by atoms with van der Waals surface area (Å²) in [6, 6.07) is 10.6. The summed E-state index contributed by atoms with van der Waals surface area (Å²) >= 11 is 0. The molecule has 0 spiro atoms. The van der Waals surface area contributed by atoms with E-state index in [0.717, 1.165) is 25.9 Å². The number of hydrogen-bond donors (Lipinski definition) is 2. The highest BCUT2D eigenvalue weighted by Gasteiger charge is 2.40. The molecule has 0 radical (unpaired) electrons. The minimum Gasteiger partial charge on any atom is -0.350 e. The van der Waals surface area contributed by atoms with Crippen molar-refractivity contribution in [2.75, 3.05) is 13.1 Å². The zero-order valence-electron chi connectivity index (χ0n) is 13.8. The average molecular weight is 327 g/mol. The van der Waals surface area contributed by atoms with Gasteiger partial charge in [0, 0.05) is 23.3 Å². The monoisotopic (exact) mass is 327 g/mol. The zero-order chi connectivity index (χ0) is 16.7. The quantitative estimate of drug-likeness (QED) is 0.910. The van der Waals surface area contributed by atoms with E-state index in [4.69, 9.17) is 0 Å². The molecule has 5 heteroatoms. The Hall–Kier alpha value is -2.14. The summed E-state index contributed by atoms with van der Waals surface area (Å²) in [5.74, 6) is 0.162. The smallest absolute Gasteiger partial charge is 0.267 e. The first kappa shape index (κ1) is 15.4. The highest BCUT2D eigenvalue weighted by atomic mass is 19.1. The number of fused-ring (bicyclic) bond motifs is 3. The summed E-state index contributed by atoms with van der Waals surface area (Å²) in [7, 11) is 0. The number of hydrogen-bond acceptors (Lipinski definition) is 2. The molecule has 3 aliphatic rings. The van der Waals surface area contributed by atoms with Gasteiger partial charge in [0.05, 0.1) is 0 Å². The van der Waals surface area contributed by atoms with Crippen LogP contribution in [0.5, 0.6) is 0 Å². The molecule has 2 bridgehead atoms. The summed E-state index contributed by atoms with van der Waals surface area (Å²) in [6.45, 7) is 4.46. The standard InChI is InChI=1S/C19H22FN3O/c1-12-18(13-8-10-23(12)11-9-13)22-19(24)17-7-6-16(21-17)14-4-2-3-5-15(14)20/h2-7,12-13,18,21H,8-11H2,1H3,(H,22,24)/t12-,18-/m0/s1. The number of rotatable bonds is 3. The van der Waals surface area contributed by atoms with Gasteiger partial charge in [-0.15, -0.1) is 0 Å². The maximum Gasteiger partial charge on any atom is 0.267 e. The maximum atomic E-state index is 13.9. The van der Waals surface area contributed by atoms with Crippen LogP contribution >= 0.6 is 0 Å². The minimum atomic E-state index is -0.294. The molecule has 0 unspecified atom stereocenters. The van der Waals surface area contributed by atoms with Crippen LogP contribution in [-0.2, 0) is 0 Å². The van der Waals surface area contributed by atoms with E-state index in [1.165, 1.54) is 6.07 Å². The Kier molecular flexibility index (Phi) is 3.88. The SMILES string of the molecule is C[C@H]1[C@H](NC(=O)c2ccc(-c3ccccc3F)[nH]2)C2CCN1CC2. The number of carbonyl (C=O) groups excluding carboxylic acids is 1. The van der Waals surface area contributed by atoms with Crippen LogP contribution in [0.1, 0.15) is 30.3 Å². The maximum absolute atomic E-state index is 13.9. The molecule has 0 aliphatic carbocycles. The summed E-state index contributed by atoms with van der Waals surface area (Å²) in [5, 5.41) is 3.19. The number of aromatic amines is 1. The van der Waals surface area contributed by atoms with Crippen LogP contribution in [0.3, 0.4) is 0 Å². The largest absolute Gasteiger partial charge is 0.350 e. The number of piperidine rings is 3. The third-order valence-corrected chi connectivity index (χ3v) is 5.57. The first-order valence-corrected chi connectivity index (χ1v) is 8.62. The Morgan fingerprint density at radius 1 is 1.21 bits per heavy atom. The van der Waals surface area contributed by atoms with Crippen LogP contribution in [-0.4, -0.2) is 41.0 Å². The second-order valence-corrected chi connectivity index (χ2v) is 6.88. The first-order chi connectivity index (χ1) is 11.6. The number of benzene rings is 1. The van der Waals surface area contributed by atoms with Crippen molar-refractivity contribution in [3.8, 4) is 11.3 Å². The van der Waals surface area contributed by atoms with Crippen molar-refractivity contribution in [1.82, 2.24) is 15.2 Å². The second-order valence-electron chi connectivity index (χ2n) is 6.88. The van der Waals surface area contributed by atoms with Gasteiger partial charge in [-0.2, -0.15) is 0 Å². The first-order valence-electron chi connectivity index (χ1n) is 8.62. The molecule has 3 fully saturated rings. The molecule has 24 heavy (non-hydrogen) atoms. The number of aromatic nitrogens is 1. The minimum absolute atomic E-state index is 0.108. The molecular weight excluding hydrogens is 305 g/mol. The third-order valence-electron chi connectivity index (χ3n) is 5.57. The predicted molar refractivity (Wildman–Crippen MR) is 91.2 cm³/mol. The van der Waals surface area contributed by atoms with Crippen LogP contribution in [0, 0.1) is 11.7 Å². The van der Waals surface area contributed by atoms with Gasteiger partial charge in [-0.3, -0.25) is 9.69 Å². The molecule has 126 valence electrons. The Bertz CT molecular complexity index is 747. The summed E-state index contributed by atoms with van der Waals surface area (Å²) < 4.78 is 13.9. The Balaban J connectivity index is 1.51. The molecule has 3 aliphatic heterocycles. The molecule has 1 amide bonds. The fourth-order valence-electron chi connectivity index (χ4n) is 4.14. The van der Waals surface area contributed by atoms with Crippen LogP contribution in [0.4, 0.5) is 4.39 Å².